The predicted octanol–water partition coefficient (Wildman–Crippen LogP) is 3.84. The lowest BCUT2D eigenvalue weighted by atomic mass is 9.95. The number of pyridine rings is 1. The average Bonchev–Trinajstić information content (AvgIpc) is 3.08. The number of benzene rings is 3. The molecule has 1 atom stereocenters. The number of methoxy groups -OCH3 is 1. The number of carbonyl (C=O) groups is 3. The third-order valence-corrected chi connectivity index (χ3v) is 8.33. The Morgan fingerprint density at radius 2 is 1.55 bits per heavy atom. The lowest BCUT2D eigenvalue weighted by molar-refractivity contribution is -0.118. The number of anilines is 1. The third-order valence-electron chi connectivity index (χ3n) is 8.33. The van der Waals surface area contributed by atoms with E-state index >= 15 is 0 Å². The van der Waals surface area contributed by atoms with E-state index in [1.807, 2.05) is 11.8 Å². The van der Waals surface area contributed by atoms with Gasteiger partial charge in [0, 0.05) is 43.2 Å². The summed E-state index contributed by atoms with van der Waals surface area (Å²) in [7, 11) is 1.32. The molecule has 238 valence electrons. The van der Waals surface area contributed by atoms with Crippen LogP contribution in [0.5, 0.6) is 0 Å². The Morgan fingerprint density at radius 3 is 2.15 bits per heavy atom. The number of fused-ring (bicyclic) bond motifs is 2. The minimum Gasteiger partial charge on any atom is -0.465 e. The minimum atomic E-state index is -0.423. The number of Topliss-reactive ketones (excluding diaryl/α,β-unsaturated/α-hetero) is 1. The number of aromatic nitrogens is 3. The molecule has 1 saturated heterocycles. The molecule has 1 unspecified atom stereocenters. The number of piperazine rings is 1. The number of hydrogen-bond donors (Lipinski definition) is 2. The molecule has 2 aromatic heterocycles. The summed E-state index contributed by atoms with van der Waals surface area (Å²) in [6, 6.07) is 24.7. The molecule has 0 saturated carbocycles. The first-order valence-electron chi connectivity index (χ1n) is 15.3. The van der Waals surface area contributed by atoms with E-state index in [9.17, 15) is 19.2 Å². The molecule has 1 aliphatic heterocycles. The van der Waals surface area contributed by atoms with Gasteiger partial charge in [-0.05, 0) is 73.0 Å². The van der Waals surface area contributed by atoms with Gasteiger partial charge in [-0.1, -0.05) is 36.4 Å². The number of aryl methyl sites for hydroxylation is 1. The zero-order chi connectivity index (χ0) is 33.1. The van der Waals surface area contributed by atoms with Crippen molar-refractivity contribution in [2.75, 3.05) is 31.6 Å². The molecule has 4 aromatic rings. The van der Waals surface area contributed by atoms with Crippen molar-refractivity contribution in [1.29, 1.82) is 0 Å². The molecule has 1 amide bonds. The summed E-state index contributed by atoms with van der Waals surface area (Å²) >= 11 is 0. The number of ether oxygens (including phenoxy) is 1. The van der Waals surface area contributed by atoms with Crippen molar-refractivity contribution >= 4 is 34.6 Å². The van der Waals surface area contributed by atoms with Crippen LogP contribution >= 0.6 is 0 Å². The maximum absolute atomic E-state index is 13.1. The van der Waals surface area contributed by atoms with Gasteiger partial charge in [-0.3, -0.25) is 19.0 Å². The van der Waals surface area contributed by atoms with Gasteiger partial charge >= 0.3 is 5.97 Å². The van der Waals surface area contributed by atoms with Gasteiger partial charge in [-0.15, -0.1) is 0 Å². The van der Waals surface area contributed by atoms with Crippen molar-refractivity contribution in [2.45, 2.75) is 26.4 Å². The Balaban J connectivity index is 0.000000570. The fraction of sp³-hybridized carbons (Fsp3) is 0.222. The van der Waals surface area contributed by atoms with Crippen LogP contribution in [0.15, 0.2) is 89.7 Å². The van der Waals surface area contributed by atoms with Crippen molar-refractivity contribution < 1.29 is 19.1 Å². The van der Waals surface area contributed by atoms with Gasteiger partial charge in [-0.25, -0.2) is 9.78 Å². The summed E-state index contributed by atoms with van der Waals surface area (Å²) in [5.41, 5.74) is 5.91. The number of hydrogen-bond acceptors (Lipinski definition) is 9. The molecule has 7 rings (SSSR count). The van der Waals surface area contributed by atoms with Crippen LogP contribution in [0, 0.1) is 6.92 Å². The summed E-state index contributed by atoms with van der Waals surface area (Å²) in [6.45, 7) is 5.42. The zero-order valence-electron chi connectivity index (χ0n) is 26.3. The molecule has 3 heterocycles. The molecule has 1 fully saturated rings. The number of esters is 1. The molecule has 47 heavy (non-hydrogen) atoms. The molecule has 2 aromatic carbocycles. The van der Waals surface area contributed by atoms with Crippen molar-refractivity contribution in [3.8, 4) is 16.8 Å². The largest absolute Gasteiger partial charge is 0.465 e. The fourth-order valence-electron chi connectivity index (χ4n) is 5.52. The Hall–Kier alpha value is -5.68. The number of rotatable bonds is 7. The van der Waals surface area contributed by atoms with Crippen LogP contribution in [-0.2, 0) is 16.1 Å². The number of ketones is 1. The van der Waals surface area contributed by atoms with Crippen LogP contribution < -0.4 is 21.1 Å². The van der Waals surface area contributed by atoms with E-state index in [-0.39, 0.29) is 23.8 Å². The first-order valence-corrected chi connectivity index (χ1v) is 15.3. The van der Waals surface area contributed by atoms with Crippen LogP contribution in [0.2, 0.25) is 0 Å². The highest BCUT2D eigenvalue weighted by Crippen LogP contribution is 2.29. The molecular formula is C36H34N6O5. The maximum atomic E-state index is 13.1. The Kier molecular flexibility index (Phi) is 8.90. The summed E-state index contributed by atoms with van der Waals surface area (Å²) in [5.74, 6) is -0.302. The van der Waals surface area contributed by atoms with Crippen LogP contribution in [0.25, 0.3) is 27.8 Å². The minimum absolute atomic E-state index is 0.0103. The molecular weight excluding hydrogens is 596 g/mol. The van der Waals surface area contributed by atoms with Crippen molar-refractivity contribution in [2.24, 2.45) is 0 Å². The highest BCUT2D eigenvalue weighted by molar-refractivity contribution is 5.94. The molecule has 3 aliphatic rings. The second kappa shape index (κ2) is 13.4. The number of carbonyl (C=O) groups excluding carboxylic acids is 3. The first kappa shape index (κ1) is 31.3. The molecule has 2 N–H and O–H groups in total. The first-order chi connectivity index (χ1) is 22.7. The standard InChI is InChI=1S/C30H30N6O5.C6H4/c1-18-24-12-13-26(38)36(27(24)34-30(33-18)35-15-14-31-17-25(35)19(2)37)23-10-8-21(9-11-23)28(39)32-16-20-4-6-22(7-5-20)29(40)41-3;1-2-6-4-3-5(1)6/h4-13,25,31H,14-17H2,1-3H3,(H,32,39);1-4H. The van der Waals surface area contributed by atoms with Gasteiger partial charge in [0.25, 0.3) is 11.5 Å². The highest BCUT2D eigenvalue weighted by atomic mass is 16.5. The van der Waals surface area contributed by atoms with E-state index in [1.54, 1.807) is 61.5 Å². The number of nitrogens with one attached hydrogen (secondary N) is 2. The van der Waals surface area contributed by atoms with Crippen molar-refractivity contribution in [1.82, 2.24) is 25.2 Å². The molecule has 0 radical (unpaired) electrons. The summed E-state index contributed by atoms with van der Waals surface area (Å²) in [5, 5.41) is 6.80. The maximum Gasteiger partial charge on any atom is 0.337 e. The molecule has 0 spiro atoms. The van der Waals surface area contributed by atoms with Gasteiger partial charge in [0.1, 0.15) is 6.04 Å². The van der Waals surface area contributed by atoms with E-state index in [0.29, 0.717) is 59.1 Å². The van der Waals surface area contributed by atoms with E-state index in [0.717, 1.165) is 5.56 Å². The van der Waals surface area contributed by atoms with Crippen LogP contribution in [0.1, 0.15) is 38.9 Å². The Morgan fingerprint density at radius 1 is 0.894 bits per heavy atom. The van der Waals surface area contributed by atoms with Crippen molar-refractivity contribution in [3.05, 3.63) is 118 Å². The van der Waals surface area contributed by atoms with Gasteiger partial charge in [0.05, 0.1) is 24.1 Å². The summed E-state index contributed by atoms with van der Waals surface area (Å²) < 4.78 is 6.19. The van der Waals surface area contributed by atoms with Gasteiger partial charge < -0.3 is 20.3 Å². The van der Waals surface area contributed by atoms with E-state index in [4.69, 9.17) is 9.72 Å². The zero-order valence-corrected chi connectivity index (χ0v) is 26.3. The van der Waals surface area contributed by atoms with E-state index in [2.05, 4.69) is 39.9 Å². The lowest BCUT2D eigenvalue weighted by Crippen LogP contribution is -2.55. The van der Waals surface area contributed by atoms with Gasteiger partial charge in [0.15, 0.2) is 11.4 Å². The SMILES string of the molecule is COC(=O)c1ccc(CNC(=O)c2ccc(-n3c(=O)ccc4c(C)nc(N5CCNCC5C(C)=O)nc43)cc2)cc1.c1cc2ccc1-2. The quantitative estimate of drug-likeness (QED) is 0.252. The second-order valence-electron chi connectivity index (χ2n) is 11.4. The molecule has 0 bridgehead atoms. The smallest absolute Gasteiger partial charge is 0.337 e. The summed E-state index contributed by atoms with van der Waals surface area (Å²) in [6.07, 6.45) is 0. The Labute approximate surface area is 271 Å². The third kappa shape index (κ3) is 6.52. The number of amides is 1. The van der Waals surface area contributed by atoms with Crippen LogP contribution in [0.3, 0.4) is 0 Å². The fourth-order valence-corrected chi connectivity index (χ4v) is 5.52. The van der Waals surface area contributed by atoms with Crippen LogP contribution in [-0.4, -0.2) is 65.0 Å². The average molecular weight is 631 g/mol. The van der Waals surface area contributed by atoms with Crippen LogP contribution in [0.4, 0.5) is 5.95 Å². The van der Waals surface area contributed by atoms with Crippen molar-refractivity contribution in [3.63, 3.8) is 0 Å². The lowest BCUT2D eigenvalue weighted by Gasteiger charge is -2.34. The Bertz CT molecular complexity index is 2000. The van der Waals surface area contributed by atoms with Gasteiger partial charge in [-0.2, -0.15) is 4.98 Å². The van der Waals surface area contributed by atoms with Gasteiger partial charge in [0.2, 0.25) is 5.95 Å². The van der Waals surface area contributed by atoms with E-state index in [1.165, 1.54) is 28.9 Å². The van der Waals surface area contributed by atoms with E-state index < -0.39 is 12.0 Å². The summed E-state index contributed by atoms with van der Waals surface area (Å²) in [4.78, 5) is 61.1. The molecule has 2 aliphatic carbocycles. The monoisotopic (exact) mass is 630 g/mol. The molecule has 11 heteroatoms. The molecule has 11 nitrogen and oxygen atoms in total. The predicted molar refractivity (Wildman–Crippen MR) is 179 cm³/mol. The second-order valence-corrected chi connectivity index (χ2v) is 11.4. The number of nitrogens with zero attached hydrogens (tertiary/aromatic N) is 4. The highest BCUT2D eigenvalue weighted by Gasteiger charge is 2.29. The normalized spacial score (nSPS) is 14.5. The topological polar surface area (TPSA) is 136 Å².